The van der Waals surface area contributed by atoms with Gasteiger partial charge in [-0.1, -0.05) is 15.9 Å². The summed E-state index contributed by atoms with van der Waals surface area (Å²) < 4.78 is 15.6. The Kier molecular flexibility index (Phi) is 3.61. The number of halogens is 1. The molecule has 2 aromatic rings. The molecule has 0 amide bonds. The smallest absolute Gasteiger partial charge is 0.336 e. The molecule has 0 radical (unpaired) electrons. The molecule has 0 bridgehead atoms. The predicted octanol–water partition coefficient (Wildman–Crippen LogP) is 3.27. The normalized spacial score (nSPS) is 12.4. The van der Waals surface area contributed by atoms with Crippen LogP contribution in [0.3, 0.4) is 0 Å². The van der Waals surface area contributed by atoms with Crippen molar-refractivity contribution in [2.45, 2.75) is 11.8 Å². The number of fused-ring (bicyclic) bond motifs is 1. The van der Waals surface area contributed by atoms with Gasteiger partial charge in [0.05, 0.1) is 14.2 Å². The molecule has 18 heavy (non-hydrogen) atoms. The first-order valence-electron chi connectivity index (χ1n) is 5.40. The molecule has 1 aromatic carbocycles. The summed E-state index contributed by atoms with van der Waals surface area (Å²) in [5, 5.41) is 0.830. The third kappa shape index (κ3) is 2.22. The van der Waals surface area contributed by atoms with Gasteiger partial charge in [0.2, 0.25) is 0 Å². The molecular weight excluding hydrogens is 300 g/mol. The highest BCUT2D eigenvalue weighted by molar-refractivity contribution is 9.09. The van der Waals surface area contributed by atoms with E-state index in [2.05, 4.69) is 15.9 Å². The third-order valence-corrected chi connectivity index (χ3v) is 3.20. The lowest BCUT2D eigenvalue weighted by Crippen LogP contribution is -2.02. The van der Waals surface area contributed by atoms with E-state index >= 15 is 0 Å². The maximum Gasteiger partial charge on any atom is 0.336 e. The van der Waals surface area contributed by atoms with Crippen molar-refractivity contribution >= 4 is 26.9 Å². The highest BCUT2D eigenvalue weighted by Crippen LogP contribution is 2.36. The number of ether oxygens (including phenoxy) is 2. The topological polar surface area (TPSA) is 48.7 Å². The van der Waals surface area contributed by atoms with E-state index in [0.717, 1.165) is 10.9 Å². The average Bonchev–Trinajstić information content (AvgIpc) is 2.35. The van der Waals surface area contributed by atoms with Gasteiger partial charge in [0, 0.05) is 22.3 Å². The maximum absolute atomic E-state index is 11.5. The molecule has 0 saturated heterocycles. The summed E-state index contributed by atoms with van der Waals surface area (Å²) >= 11 is 3.47. The Morgan fingerprint density at radius 2 is 1.78 bits per heavy atom. The fraction of sp³-hybridized carbons (Fsp3) is 0.308. The summed E-state index contributed by atoms with van der Waals surface area (Å²) in [7, 11) is 3.11. The first-order valence-corrected chi connectivity index (χ1v) is 6.32. The molecule has 96 valence electrons. The Labute approximate surface area is 113 Å². The van der Waals surface area contributed by atoms with Gasteiger partial charge in [-0.15, -0.1) is 0 Å². The first-order chi connectivity index (χ1) is 8.56. The highest BCUT2D eigenvalue weighted by Gasteiger charge is 2.14. The van der Waals surface area contributed by atoms with Crippen molar-refractivity contribution in [2.24, 2.45) is 0 Å². The standard InChI is InChI=1S/C13H13BrO4/c1-7(14)8-5-13(15)18-10-6-12(17-3)11(16-2)4-9(8)10/h4-7H,1-3H3. The SMILES string of the molecule is COc1cc2oc(=O)cc(C(C)Br)c2cc1OC. The molecule has 1 heterocycles. The number of methoxy groups -OCH3 is 2. The van der Waals surface area contributed by atoms with Gasteiger partial charge in [0.1, 0.15) is 5.58 Å². The van der Waals surface area contributed by atoms with Crippen LogP contribution in [-0.2, 0) is 0 Å². The summed E-state index contributed by atoms with van der Waals surface area (Å²) in [4.78, 5) is 11.5. The van der Waals surface area contributed by atoms with E-state index in [-0.39, 0.29) is 10.5 Å². The summed E-state index contributed by atoms with van der Waals surface area (Å²) in [6.07, 6.45) is 0. The Bertz CT molecular complexity index is 631. The van der Waals surface area contributed by atoms with Crippen LogP contribution < -0.4 is 15.1 Å². The van der Waals surface area contributed by atoms with Crippen LogP contribution in [-0.4, -0.2) is 14.2 Å². The van der Waals surface area contributed by atoms with Crippen molar-refractivity contribution in [3.63, 3.8) is 0 Å². The van der Waals surface area contributed by atoms with Crippen LogP contribution in [0.25, 0.3) is 11.0 Å². The molecular formula is C13H13BrO4. The zero-order chi connectivity index (χ0) is 13.3. The second-order valence-electron chi connectivity index (χ2n) is 3.84. The van der Waals surface area contributed by atoms with Crippen molar-refractivity contribution in [2.75, 3.05) is 14.2 Å². The molecule has 4 nitrogen and oxygen atoms in total. The molecule has 0 fully saturated rings. The summed E-state index contributed by atoms with van der Waals surface area (Å²) in [6.45, 7) is 1.95. The van der Waals surface area contributed by atoms with Gasteiger partial charge in [-0.25, -0.2) is 4.79 Å². The van der Waals surface area contributed by atoms with Crippen LogP contribution in [0, 0.1) is 0 Å². The average molecular weight is 313 g/mol. The van der Waals surface area contributed by atoms with Crippen molar-refractivity contribution in [1.82, 2.24) is 0 Å². The van der Waals surface area contributed by atoms with E-state index in [0.29, 0.717) is 17.1 Å². The fourth-order valence-corrected chi connectivity index (χ4v) is 2.22. The van der Waals surface area contributed by atoms with E-state index in [1.807, 2.05) is 13.0 Å². The van der Waals surface area contributed by atoms with Crippen molar-refractivity contribution in [1.29, 1.82) is 0 Å². The van der Waals surface area contributed by atoms with Crippen molar-refractivity contribution < 1.29 is 13.9 Å². The number of benzene rings is 1. The molecule has 0 aliphatic carbocycles. The van der Waals surface area contributed by atoms with E-state index in [9.17, 15) is 4.79 Å². The lowest BCUT2D eigenvalue weighted by atomic mass is 10.1. The van der Waals surface area contributed by atoms with Gasteiger partial charge < -0.3 is 13.9 Å². The summed E-state index contributed by atoms with van der Waals surface area (Å²) in [5.41, 5.74) is 0.972. The predicted molar refractivity (Wildman–Crippen MR) is 72.9 cm³/mol. The molecule has 2 rings (SSSR count). The molecule has 0 saturated carbocycles. The quantitative estimate of drug-likeness (QED) is 0.644. The molecule has 1 unspecified atom stereocenters. The van der Waals surface area contributed by atoms with Crippen molar-refractivity contribution in [3.8, 4) is 11.5 Å². The molecule has 0 aliphatic heterocycles. The van der Waals surface area contributed by atoms with Crippen LogP contribution in [0.15, 0.2) is 27.4 Å². The summed E-state index contributed by atoms with van der Waals surface area (Å²) in [6, 6.07) is 4.95. The Hall–Kier alpha value is -1.49. The van der Waals surface area contributed by atoms with E-state index in [1.165, 1.54) is 6.07 Å². The lowest BCUT2D eigenvalue weighted by Gasteiger charge is -2.11. The number of hydrogen-bond acceptors (Lipinski definition) is 4. The fourth-order valence-electron chi connectivity index (χ4n) is 1.84. The zero-order valence-corrected chi connectivity index (χ0v) is 11.9. The van der Waals surface area contributed by atoms with Gasteiger partial charge in [-0.2, -0.15) is 0 Å². The van der Waals surface area contributed by atoms with Crippen LogP contribution in [0.2, 0.25) is 0 Å². The first kappa shape index (κ1) is 13.0. The Morgan fingerprint density at radius 3 is 2.33 bits per heavy atom. The van der Waals surface area contributed by atoms with E-state index < -0.39 is 0 Å². The molecule has 1 aromatic heterocycles. The minimum Gasteiger partial charge on any atom is -0.493 e. The van der Waals surface area contributed by atoms with Gasteiger partial charge in [-0.05, 0) is 18.6 Å². The highest BCUT2D eigenvalue weighted by atomic mass is 79.9. The second kappa shape index (κ2) is 5.02. The van der Waals surface area contributed by atoms with Gasteiger partial charge in [0.25, 0.3) is 0 Å². The number of alkyl halides is 1. The minimum atomic E-state index is -0.379. The van der Waals surface area contributed by atoms with Gasteiger partial charge in [0.15, 0.2) is 11.5 Å². The molecule has 1 atom stereocenters. The largest absolute Gasteiger partial charge is 0.493 e. The monoisotopic (exact) mass is 312 g/mol. The molecule has 5 heteroatoms. The minimum absolute atomic E-state index is 0.0437. The Morgan fingerprint density at radius 1 is 1.17 bits per heavy atom. The van der Waals surface area contributed by atoms with Crippen molar-refractivity contribution in [3.05, 3.63) is 34.2 Å². The van der Waals surface area contributed by atoms with Gasteiger partial charge >= 0.3 is 5.63 Å². The Balaban J connectivity index is 2.83. The molecule has 0 N–H and O–H groups in total. The molecule has 0 spiro atoms. The maximum atomic E-state index is 11.5. The van der Waals surface area contributed by atoms with E-state index in [4.69, 9.17) is 13.9 Å². The number of hydrogen-bond donors (Lipinski definition) is 0. The molecule has 0 aliphatic rings. The van der Waals surface area contributed by atoms with Crippen LogP contribution in [0.5, 0.6) is 11.5 Å². The van der Waals surface area contributed by atoms with Crippen LogP contribution >= 0.6 is 15.9 Å². The lowest BCUT2D eigenvalue weighted by molar-refractivity contribution is 0.355. The third-order valence-electron chi connectivity index (χ3n) is 2.71. The van der Waals surface area contributed by atoms with E-state index in [1.54, 1.807) is 20.3 Å². The van der Waals surface area contributed by atoms with Gasteiger partial charge in [-0.3, -0.25) is 0 Å². The summed E-state index contributed by atoms with van der Waals surface area (Å²) in [5.74, 6) is 1.14. The van der Waals surface area contributed by atoms with Crippen LogP contribution in [0.4, 0.5) is 0 Å². The zero-order valence-electron chi connectivity index (χ0n) is 10.3. The second-order valence-corrected chi connectivity index (χ2v) is 5.21. The van der Waals surface area contributed by atoms with Crippen LogP contribution in [0.1, 0.15) is 17.3 Å². The number of rotatable bonds is 3.